The van der Waals surface area contributed by atoms with Gasteiger partial charge in [-0.25, -0.2) is 9.78 Å². The van der Waals surface area contributed by atoms with Gasteiger partial charge in [-0.05, 0) is 50.2 Å². The molecule has 3 aromatic rings. The van der Waals surface area contributed by atoms with Crippen molar-refractivity contribution in [2.24, 2.45) is 0 Å². The first kappa shape index (κ1) is 21.9. The summed E-state index contributed by atoms with van der Waals surface area (Å²) in [5.74, 6) is -1.66. The Labute approximate surface area is 175 Å². The summed E-state index contributed by atoms with van der Waals surface area (Å²) in [6, 6.07) is 8.49. The molecule has 0 aliphatic rings. The lowest BCUT2D eigenvalue weighted by atomic mass is 10.2. The molecule has 0 saturated carbocycles. The van der Waals surface area contributed by atoms with Crippen molar-refractivity contribution in [2.75, 3.05) is 11.9 Å². The van der Waals surface area contributed by atoms with Crippen LogP contribution in [0.1, 0.15) is 23.0 Å². The Hall–Kier alpha value is -3.82. The molecule has 0 spiro atoms. The van der Waals surface area contributed by atoms with Gasteiger partial charge >= 0.3 is 12.6 Å². The van der Waals surface area contributed by atoms with E-state index in [9.17, 15) is 23.2 Å². The summed E-state index contributed by atoms with van der Waals surface area (Å²) < 4.78 is 35.2. The van der Waals surface area contributed by atoms with Crippen LogP contribution in [0.2, 0.25) is 0 Å². The van der Waals surface area contributed by atoms with E-state index < -0.39 is 30.5 Å². The van der Waals surface area contributed by atoms with E-state index in [1.165, 1.54) is 30.5 Å². The highest BCUT2D eigenvalue weighted by molar-refractivity contribution is 5.96. The number of aryl methyl sites for hydroxylation is 2. The molecule has 0 bridgehead atoms. The van der Waals surface area contributed by atoms with E-state index in [1.54, 1.807) is 23.6 Å². The van der Waals surface area contributed by atoms with Crippen molar-refractivity contribution in [1.82, 2.24) is 9.55 Å². The van der Waals surface area contributed by atoms with Crippen LogP contribution in [0.25, 0.3) is 11.0 Å². The second-order valence-electron chi connectivity index (χ2n) is 6.51. The monoisotopic (exact) mass is 431 g/mol. The fourth-order valence-electron chi connectivity index (χ4n) is 2.87. The highest BCUT2D eigenvalue weighted by Gasteiger charge is 2.18. The third kappa shape index (κ3) is 5.21. The number of anilines is 1. The van der Waals surface area contributed by atoms with Gasteiger partial charge in [-0.2, -0.15) is 8.78 Å². The number of carbonyl (C=O) groups is 2. The van der Waals surface area contributed by atoms with E-state index in [2.05, 4.69) is 15.0 Å². The molecule has 0 aliphatic heterocycles. The summed E-state index contributed by atoms with van der Waals surface area (Å²) in [7, 11) is 0. The summed E-state index contributed by atoms with van der Waals surface area (Å²) in [4.78, 5) is 41.5. The van der Waals surface area contributed by atoms with Gasteiger partial charge in [0.2, 0.25) is 5.43 Å². The van der Waals surface area contributed by atoms with E-state index in [-0.39, 0.29) is 16.7 Å². The van der Waals surface area contributed by atoms with E-state index >= 15 is 0 Å². The summed E-state index contributed by atoms with van der Waals surface area (Å²) in [6.07, 6.45) is 1.36. The number of esters is 1. The number of benzene rings is 1. The minimum absolute atomic E-state index is 0.0624. The number of halogens is 2. The molecule has 2 heterocycles. The molecule has 1 N–H and O–H groups in total. The number of amides is 1. The van der Waals surface area contributed by atoms with Gasteiger partial charge in [0.05, 0.1) is 5.39 Å². The van der Waals surface area contributed by atoms with Crippen molar-refractivity contribution in [1.29, 1.82) is 0 Å². The van der Waals surface area contributed by atoms with Crippen LogP contribution in [0.3, 0.4) is 0 Å². The number of hydrogen-bond donors (Lipinski definition) is 1. The molecule has 0 fully saturated rings. The average molecular weight is 431 g/mol. The fourth-order valence-corrected chi connectivity index (χ4v) is 2.87. The van der Waals surface area contributed by atoms with E-state index in [0.29, 0.717) is 17.9 Å². The number of pyridine rings is 2. The summed E-state index contributed by atoms with van der Waals surface area (Å²) in [5.41, 5.74) is 0.743. The van der Waals surface area contributed by atoms with E-state index in [0.717, 1.165) is 5.69 Å². The third-order valence-electron chi connectivity index (χ3n) is 4.32. The van der Waals surface area contributed by atoms with Gasteiger partial charge in [0.25, 0.3) is 5.91 Å². The first-order valence-electron chi connectivity index (χ1n) is 9.31. The Balaban J connectivity index is 1.68. The minimum atomic E-state index is -2.95. The molecule has 0 aliphatic carbocycles. The molecule has 1 amide bonds. The Bertz CT molecular complexity index is 1180. The van der Waals surface area contributed by atoms with Gasteiger partial charge in [0, 0.05) is 24.1 Å². The van der Waals surface area contributed by atoms with Crippen molar-refractivity contribution in [3.8, 4) is 5.75 Å². The zero-order valence-electron chi connectivity index (χ0n) is 16.7. The van der Waals surface area contributed by atoms with Crippen molar-refractivity contribution in [3.05, 3.63) is 64.1 Å². The number of aromatic nitrogens is 2. The molecule has 10 heteroatoms. The van der Waals surface area contributed by atoms with Crippen molar-refractivity contribution in [2.45, 2.75) is 27.0 Å². The van der Waals surface area contributed by atoms with Gasteiger partial charge in [-0.3, -0.25) is 9.59 Å². The molecule has 1 aromatic carbocycles. The Morgan fingerprint density at radius 1 is 1.16 bits per heavy atom. The Kier molecular flexibility index (Phi) is 6.58. The average Bonchev–Trinajstić information content (AvgIpc) is 2.73. The van der Waals surface area contributed by atoms with Crippen LogP contribution in [0, 0.1) is 6.92 Å². The number of nitrogens with one attached hydrogen (secondary N) is 1. The predicted octanol–water partition coefficient (Wildman–Crippen LogP) is 3.12. The molecular weight excluding hydrogens is 412 g/mol. The third-order valence-corrected chi connectivity index (χ3v) is 4.32. The lowest BCUT2D eigenvalue weighted by Gasteiger charge is -2.11. The van der Waals surface area contributed by atoms with Crippen LogP contribution in [-0.4, -0.2) is 34.6 Å². The van der Waals surface area contributed by atoms with Crippen LogP contribution in [0.5, 0.6) is 5.75 Å². The summed E-state index contributed by atoms with van der Waals surface area (Å²) >= 11 is 0. The maximum Gasteiger partial charge on any atom is 0.387 e. The number of ether oxygens (including phenoxy) is 2. The molecule has 0 saturated heterocycles. The van der Waals surface area contributed by atoms with Crippen LogP contribution in [0.15, 0.2) is 47.4 Å². The highest BCUT2D eigenvalue weighted by atomic mass is 19.3. The Morgan fingerprint density at radius 3 is 2.52 bits per heavy atom. The SMILES string of the molecule is CCn1cc(C(=O)OCC(=O)Nc2ccc(OC(F)F)cc2)c(=O)c2ccc(C)nc21. The fraction of sp³-hybridized carbons (Fsp3) is 0.238. The zero-order chi connectivity index (χ0) is 22.5. The number of hydrogen-bond acceptors (Lipinski definition) is 6. The van der Waals surface area contributed by atoms with Gasteiger partial charge in [-0.1, -0.05) is 0 Å². The van der Waals surface area contributed by atoms with Gasteiger partial charge in [-0.15, -0.1) is 0 Å². The molecule has 3 rings (SSSR count). The van der Waals surface area contributed by atoms with Crippen molar-refractivity contribution in [3.63, 3.8) is 0 Å². The van der Waals surface area contributed by atoms with Gasteiger partial charge in [0.1, 0.15) is 17.0 Å². The molecule has 0 radical (unpaired) electrons. The molecule has 8 nitrogen and oxygen atoms in total. The smallest absolute Gasteiger partial charge is 0.387 e. The molecule has 162 valence electrons. The van der Waals surface area contributed by atoms with Gasteiger partial charge < -0.3 is 19.4 Å². The van der Waals surface area contributed by atoms with Crippen LogP contribution >= 0.6 is 0 Å². The molecular formula is C21H19F2N3O5. The summed E-state index contributed by atoms with van der Waals surface area (Å²) in [6.45, 7) is 0.522. The number of fused-ring (bicyclic) bond motifs is 1. The van der Waals surface area contributed by atoms with E-state index in [4.69, 9.17) is 4.74 Å². The van der Waals surface area contributed by atoms with E-state index in [1.807, 2.05) is 6.92 Å². The quantitative estimate of drug-likeness (QED) is 0.577. The molecule has 0 unspecified atom stereocenters. The predicted molar refractivity (Wildman–Crippen MR) is 108 cm³/mol. The topological polar surface area (TPSA) is 99.5 Å². The molecule has 0 atom stereocenters. The largest absolute Gasteiger partial charge is 0.452 e. The normalized spacial score (nSPS) is 10.9. The highest BCUT2D eigenvalue weighted by Crippen LogP contribution is 2.17. The second-order valence-corrected chi connectivity index (χ2v) is 6.51. The first-order valence-corrected chi connectivity index (χ1v) is 9.31. The van der Waals surface area contributed by atoms with Crippen LogP contribution in [0.4, 0.5) is 14.5 Å². The maximum absolute atomic E-state index is 12.7. The summed E-state index contributed by atoms with van der Waals surface area (Å²) in [5, 5.41) is 2.73. The number of alkyl halides is 2. The van der Waals surface area contributed by atoms with Gasteiger partial charge in [0.15, 0.2) is 6.61 Å². The lowest BCUT2D eigenvalue weighted by Crippen LogP contribution is -2.25. The minimum Gasteiger partial charge on any atom is -0.452 e. The van der Waals surface area contributed by atoms with Crippen LogP contribution in [-0.2, 0) is 16.1 Å². The Morgan fingerprint density at radius 2 is 1.87 bits per heavy atom. The first-order chi connectivity index (χ1) is 14.8. The molecule has 31 heavy (non-hydrogen) atoms. The lowest BCUT2D eigenvalue weighted by molar-refractivity contribution is -0.119. The number of rotatable bonds is 7. The number of carbonyl (C=O) groups excluding carboxylic acids is 2. The number of nitrogens with zero attached hydrogens (tertiary/aromatic N) is 2. The van der Waals surface area contributed by atoms with Crippen molar-refractivity contribution >= 4 is 28.6 Å². The van der Waals surface area contributed by atoms with Crippen LogP contribution < -0.4 is 15.5 Å². The second kappa shape index (κ2) is 9.33. The zero-order valence-corrected chi connectivity index (χ0v) is 16.7. The molecule has 2 aromatic heterocycles. The maximum atomic E-state index is 12.7. The standard InChI is InChI=1S/C21H19F2N3O5/c1-3-26-10-16(18(28)15-9-4-12(2)24-19(15)26)20(29)30-11-17(27)25-13-5-7-14(8-6-13)31-21(22)23/h4-10,21H,3,11H2,1-2H3,(H,25,27). The van der Waals surface area contributed by atoms with Crippen molar-refractivity contribution < 1.29 is 27.8 Å².